The predicted molar refractivity (Wildman–Crippen MR) is 84.8 cm³/mol. The van der Waals surface area contributed by atoms with Crippen molar-refractivity contribution in [3.63, 3.8) is 0 Å². The Morgan fingerprint density at radius 1 is 1.33 bits per heavy atom. The van der Waals surface area contributed by atoms with E-state index in [9.17, 15) is 9.18 Å². The number of ether oxygens (including phenoxy) is 1. The highest BCUT2D eigenvalue weighted by Gasteiger charge is 2.11. The number of carbonyl (C=O) groups excluding carboxylic acids is 1. The normalized spacial score (nSPS) is 10.4. The SMILES string of the molecule is COc1ccc(F)cc1-c1cc(NC(=O)Cn2cccn2)ncn1. The van der Waals surface area contributed by atoms with Gasteiger partial charge < -0.3 is 10.1 Å². The summed E-state index contributed by atoms with van der Waals surface area (Å²) in [5.41, 5.74) is 0.915. The largest absolute Gasteiger partial charge is 0.496 e. The smallest absolute Gasteiger partial charge is 0.247 e. The lowest BCUT2D eigenvalue weighted by Crippen LogP contribution is -2.19. The predicted octanol–water partition coefficient (Wildman–Crippen LogP) is 2.13. The Morgan fingerprint density at radius 3 is 2.96 bits per heavy atom. The van der Waals surface area contributed by atoms with E-state index in [2.05, 4.69) is 20.4 Å². The standard InChI is InChI=1S/C16H14FN5O2/c1-24-14-4-3-11(17)7-12(14)13-8-15(19-10-18-13)21-16(23)9-22-6-2-5-20-22/h2-8,10H,9H2,1H3,(H,18,19,21,23). The molecule has 0 radical (unpaired) electrons. The summed E-state index contributed by atoms with van der Waals surface area (Å²) >= 11 is 0. The van der Waals surface area contributed by atoms with Gasteiger partial charge in [0.15, 0.2) is 0 Å². The molecule has 24 heavy (non-hydrogen) atoms. The first-order valence-electron chi connectivity index (χ1n) is 7.09. The van der Waals surface area contributed by atoms with Crippen molar-refractivity contribution in [2.45, 2.75) is 6.54 Å². The number of nitrogens with one attached hydrogen (secondary N) is 1. The fraction of sp³-hybridized carbons (Fsp3) is 0.125. The number of aromatic nitrogens is 4. The Bertz CT molecular complexity index is 851. The number of anilines is 1. The van der Waals surface area contributed by atoms with Gasteiger partial charge >= 0.3 is 0 Å². The molecular formula is C16H14FN5O2. The zero-order valence-electron chi connectivity index (χ0n) is 12.8. The number of rotatable bonds is 5. The van der Waals surface area contributed by atoms with Crippen molar-refractivity contribution in [1.82, 2.24) is 19.7 Å². The zero-order valence-corrected chi connectivity index (χ0v) is 12.8. The van der Waals surface area contributed by atoms with Gasteiger partial charge in [-0.2, -0.15) is 5.10 Å². The molecule has 0 aliphatic rings. The van der Waals surface area contributed by atoms with Crippen LogP contribution in [0, 0.1) is 5.82 Å². The summed E-state index contributed by atoms with van der Waals surface area (Å²) in [6.07, 6.45) is 4.57. The molecule has 0 fully saturated rings. The number of amides is 1. The van der Waals surface area contributed by atoms with Crippen LogP contribution in [0.15, 0.2) is 49.1 Å². The van der Waals surface area contributed by atoms with Gasteiger partial charge in [-0.3, -0.25) is 9.48 Å². The van der Waals surface area contributed by atoms with Gasteiger partial charge in [0.25, 0.3) is 0 Å². The molecular weight excluding hydrogens is 313 g/mol. The lowest BCUT2D eigenvalue weighted by Gasteiger charge is -2.09. The third-order valence-corrected chi connectivity index (χ3v) is 3.24. The van der Waals surface area contributed by atoms with Crippen molar-refractivity contribution in [3.05, 3.63) is 54.9 Å². The van der Waals surface area contributed by atoms with E-state index in [4.69, 9.17) is 4.74 Å². The van der Waals surface area contributed by atoms with Crippen molar-refractivity contribution >= 4 is 11.7 Å². The van der Waals surface area contributed by atoms with Crippen molar-refractivity contribution < 1.29 is 13.9 Å². The molecule has 0 atom stereocenters. The van der Waals surface area contributed by atoms with E-state index in [-0.39, 0.29) is 12.5 Å². The minimum Gasteiger partial charge on any atom is -0.496 e. The number of hydrogen-bond acceptors (Lipinski definition) is 5. The van der Waals surface area contributed by atoms with Crippen LogP contribution in [0.4, 0.5) is 10.2 Å². The summed E-state index contributed by atoms with van der Waals surface area (Å²) in [6, 6.07) is 7.42. The number of benzene rings is 1. The molecule has 1 N–H and O–H groups in total. The maximum atomic E-state index is 13.5. The topological polar surface area (TPSA) is 81.9 Å². The van der Waals surface area contributed by atoms with Gasteiger partial charge in [-0.05, 0) is 24.3 Å². The third-order valence-electron chi connectivity index (χ3n) is 3.24. The molecule has 8 heteroatoms. The minimum absolute atomic E-state index is 0.0651. The highest BCUT2D eigenvalue weighted by molar-refractivity contribution is 5.90. The molecule has 0 aliphatic carbocycles. The highest BCUT2D eigenvalue weighted by Crippen LogP contribution is 2.29. The number of nitrogens with zero attached hydrogens (tertiary/aromatic N) is 4. The highest BCUT2D eigenvalue weighted by atomic mass is 19.1. The molecule has 0 spiro atoms. The van der Waals surface area contributed by atoms with E-state index in [0.717, 1.165) is 0 Å². The summed E-state index contributed by atoms with van der Waals surface area (Å²) in [5, 5.41) is 6.62. The van der Waals surface area contributed by atoms with Crippen LogP contribution < -0.4 is 10.1 Å². The van der Waals surface area contributed by atoms with E-state index in [1.165, 1.54) is 36.3 Å². The fourth-order valence-electron chi connectivity index (χ4n) is 2.18. The molecule has 3 aromatic rings. The van der Waals surface area contributed by atoms with Crippen LogP contribution >= 0.6 is 0 Å². The number of halogens is 1. The quantitative estimate of drug-likeness (QED) is 0.776. The number of hydrogen-bond donors (Lipinski definition) is 1. The fourth-order valence-corrected chi connectivity index (χ4v) is 2.18. The van der Waals surface area contributed by atoms with E-state index in [1.54, 1.807) is 24.5 Å². The Balaban J connectivity index is 1.82. The van der Waals surface area contributed by atoms with Crippen LogP contribution in [0.25, 0.3) is 11.3 Å². The van der Waals surface area contributed by atoms with Crippen LogP contribution in [0.1, 0.15) is 0 Å². The van der Waals surface area contributed by atoms with Gasteiger partial charge in [-0.1, -0.05) is 0 Å². The Kier molecular flexibility index (Phi) is 4.46. The van der Waals surface area contributed by atoms with Gasteiger partial charge in [0.1, 0.15) is 30.3 Å². The van der Waals surface area contributed by atoms with Gasteiger partial charge in [0, 0.05) is 24.0 Å². The first kappa shape index (κ1) is 15.6. The minimum atomic E-state index is -0.409. The molecule has 0 aliphatic heterocycles. The van der Waals surface area contributed by atoms with Crippen LogP contribution in [-0.4, -0.2) is 32.8 Å². The average Bonchev–Trinajstić information content (AvgIpc) is 3.08. The van der Waals surface area contributed by atoms with E-state index < -0.39 is 5.82 Å². The molecule has 2 aromatic heterocycles. The third kappa shape index (κ3) is 3.54. The van der Waals surface area contributed by atoms with Crippen molar-refractivity contribution in [2.75, 3.05) is 12.4 Å². The molecule has 7 nitrogen and oxygen atoms in total. The summed E-state index contributed by atoms with van der Waals surface area (Å²) in [7, 11) is 1.49. The Morgan fingerprint density at radius 2 is 2.21 bits per heavy atom. The Hall–Kier alpha value is -3.29. The molecule has 0 unspecified atom stereocenters. The zero-order chi connectivity index (χ0) is 16.9. The first-order chi connectivity index (χ1) is 11.7. The van der Waals surface area contributed by atoms with Gasteiger partial charge in [0.2, 0.25) is 5.91 Å². The monoisotopic (exact) mass is 327 g/mol. The van der Waals surface area contributed by atoms with Crippen LogP contribution in [0.3, 0.4) is 0 Å². The first-order valence-corrected chi connectivity index (χ1v) is 7.09. The van der Waals surface area contributed by atoms with E-state index in [0.29, 0.717) is 22.8 Å². The van der Waals surface area contributed by atoms with Crippen molar-refractivity contribution in [1.29, 1.82) is 0 Å². The van der Waals surface area contributed by atoms with Gasteiger partial charge in [-0.25, -0.2) is 14.4 Å². The lowest BCUT2D eigenvalue weighted by molar-refractivity contribution is -0.116. The van der Waals surface area contributed by atoms with Gasteiger partial charge in [0.05, 0.1) is 12.8 Å². The second kappa shape index (κ2) is 6.86. The summed E-state index contributed by atoms with van der Waals surface area (Å²) in [4.78, 5) is 20.1. The Labute approximate surface area is 137 Å². The number of methoxy groups -OCH3 is 1. The summed E-state index contributed by atoms with van der Waals surface area (Å²) < 4.78 is 20.2. The molecule has 1 amide bonds. The molecule has 3 rings (SSSR count). The van der Waals surface area contributed by atoms with E-state index in [1.807, 2.05) is 0 Å². The summed E-state index contributed by atoms with van der Waals surface area (Å²) in [6.45, 7) is 0.0651. The van der Waals surface area contributed by atoms with Crippen LogP contribution in [0.5, 0.6) is 5.75 Å². The molecule has 0 saturated heterocycles. The molecule has 122 valence electrons. The molecule has 1 aromatic carbocycles. The van der Waals surface area contributed by atoms with E-state index >= 15 is 0 Å². The molecule has 0 bridgehead atoms. The molecule has 2 heterocycles. The maximum absolute atomic E-state index is 13.5. The van der Waals surface area contributed by atoms with Crippen LogP contribution in [-0.2, 0) is 11.3 Å². The van der Waals surface area contributed by atoms with Crippen molar-refractivity contribution in [3.8, 4) is 17.0 Å². The summed E-state index contributed by atoms with van der Waals surface area (Å²) in [5.74, 6) is 0.0932. The van der Waals surface area contributed by atoms with Crippen molar-refractivity contribution in [2.24, 2.45) is 0 Å². The maximum Gasteiger partial charge on any atom is 0.247 e. The lowest BCUT2D eigenvalue weighted by atomic mass is 10.1. The number of carbonyl (C=O) groups is 1. The van der Waals surface area contributed by atoms with Crippen LogP contribution in [0.2, 0.25) is 0 Å². The second-order valence-electron chi connectivity index (χ2n) is 4.88. The molecule has 0 saturated carbocycles. The average molecular weight is 327 g/mol. The second-order valence-corrected chi connectivity index (χ2v) is 4.88. The van der Waals surface area contributed by atoms with Gasteiger partial charge in [-0.15, -0.1) is 0 Å².